The monoisotopic (exact) mass is 313 g/mol. The first-order valence-corrected chi connectivity index (χ1v) is 6.52. The highest BCUT2D eigenvalue weighted by molar-refractivity contribution is 6.33. The van der Waals surface area contributed by atoms with Crippen molar-refractivity contribution in [2.45, 2.75) is 6.54 Å². The van der Waals surface area contributed by atoms with E-state index >= 15 is 0 Å². The van der Waals surface area contributed by atoms with Gasteiger partial charge in [0.05, 0.1) is 19.2 Å². The van der Waals surface area contributed by atoms with Crippen molar-refractivity contribution in [2.75, 3.05) is 19.5 Å². The van der Waals surface area contributed by atoms with E-state index in [1.165, 1.54) is 26.4 Å². The molecule has 2 aromatic carbocycles. The van der Waals surface area contributed by atoms with Gasteiger partial charge >= 0.3 is 0 Å². The maximum absolute atomic E-state index is 13.1. The summed E-state index contributed by atoms with van der Waals surface area (Å²) in [5.74, 6) is -0.348. The molecular weight excluding hydrogens is 300 g/mol. The number of halogens is 3. The predicted molar refractivity (Wildman–Crippen MR) is 78.2 cm³/mol. The summed E-state index contributed by atoms with van der Waals surface area (Å²) in [5.41, 5.74) is 1.05. The minimum Gasteiger partial charge on any atom is -0.493 e. The lowest BCUT2D eigenvalue weighted by Crippen LogP contribution is -2.02. The normalized spacial score (nSPS) is 10.3. The number of rotatable bonds is 5. The van der Waals surface area contributed by atoms with Crippen molar-refractivity contribution < 1.29 is 18.3 Å². The van der Waals surface area contributed by atoms with Crippen LogP contribution < -0.4 is 14.8 Å². The first-order chi connectivity index (χ1) is 10.0. The second-order valence-corrected chi connectivity index (χ2v) is 4.66. The molecule has 0 fully saturated rings. The maximum Gasteiger partial charge on any atom is 0.179 e. The Bertz CT molecular complexity index is 630. The summed E-state index contributed by atoms with van der Waals surface area (Å²) in [6, 6.07) is 6.70. The van der Waals surface area contributed by atoms with E-state index in [4.69, 9.17) is 21.1 Å². The van der Waals surface area contributed by atoms with Crippen LogP contribution in [0.3, 0.4) is 0 Å². The van der Waals surface area contributed by atoms with Crippen LogP contribution in [0.2, 0.25) is 5.02 Å². The molecule has 0 amide bonds. The fourth-order valence-corrected chi connectivity index (χ4v) is 2.22. The summed E-state index contributed by atoms with van der Waals surface area (Å²) in [6.07, 6.45) is 0. The fourth-order valence-electron chi connectivity index (χ4n) is 1.92. The highest BCUT2D eigenvalue weighted by Crippen LogP contribution is 2.37. The van der Waals surface area contributed by atoms with E-state index in [1.807, 2.05) is 0 Å². The van der Waals surface area contributed by atoms with Gasteiger partial charge in [0.25, 0.3) is 0 Å². The minimum atomic E-state index is -0.643. The van der Waals surface area contributed by atoms with Crippen molar-refractivity contribution >= 4 is 17.3 Å². The van der Waals surface area contributed by atoms with Crippen LogP contribution in [0.5, 0.6) is 11.5 Å². The molecule has 0 aliphatic rings. The molecule has 2 aromatic rings. The van der Waals surface area contributed by atoms with Gasteiger partial charge in [0.1, 0.15) is 11.6 Å². The molecule has 3 nitrogen and oxygen atoms in total. The highest BCUT2D eigenvalue weighted by atomic mass is 35.5. The number of hydrogen-bond acceptors (Lipinski definition) is 3. The first kappa shape index (κ1) is 15.4. The van der Waals surface area contributed by atoms with Crippen LogP contribution in [0.4, 0.5) is 14.5 Å². The molecule has 0 unspecified atom stereocenters. The molecule has 0 spiro atoms. The Hall–Kier alpha value is -2.01. The Morgan fingerprint density at radius 1 is 1.05 bits per heavy atom. The smallest absolute Gasteiger partial charge is 0.179 e. The van der Waals surface area contributed by atoms with Gasteiger partial charge in [-0.05, 0) is 23.8 Å². The Labute approximate surface area is 126 Å². The zero-order chi connectivity index (χ0) is 15.4. The SMILES string of the molecule is COc1ccc(CNc2cc(F)cc(F)c2)c(Cl)c1OC. The Morgan fingerprint density at radius 3 is 2.29 bits per heavy atom. The second-order valence-electron chi connectivity index (χ2n) is 4.29. The summed E-state index contributed by atoms with van der Waals surface area (Å²) in [5, 5.41) is 3.30. The molecule has 2 rings (SSSR count). The van der Waals surface area contributed by atoms with Crippen molar-refractivity contribution in [3.05, 3.63) is 52.6 Å². The van der Waals surface area contributed by atoms with Crippen molar-refractivity contribution in [1.82, 2.24) is 0 Å². The molecular formula is C15H14ClF2NO2. The lowest BCUT2D eigenvalue weighted by Gasteiger charge is -2.14. The molecule has 1 N–H and O–H groups in total. The lowest BCUT2D eigenvalue weighted by molar-refractivity contribution is 0.355. The van der Waals surface area contributed by atoms with Crippen LogP contribution >= 0.6 is 11.6 Å². The molecule has 0 radical (unpaired) electrons. The van der Waals surface area contributed by atoms with Crippen LogP contribution in [0.15, 0.2) is 30.3 Å². The third kappa shape index (κ3) is 3.55. The summed E-state index contributed by atoms with van der Waals surface area (Å²) >= 11 is 6.23. The van der Waals surface area contributed by atoms with Crippen LogP contribution in [-0.4, -0.2) is 14.2 Å². The average Bonchev–Trinajstić information content (AvgIpc) is 2.44. The summed E-state index contributed by atoms with van der Waals surface area (Å²) in [7, 11) is 3.00. The van der Waals surface area contributed by atoms with E-state index in [1.54, 1.807) is 12.1 Å². The van der Waals surface area contributed by atoms with Gasteiger partial charge in [-0.25, -0.2) is 8.78 Å². The quantitative estimate of drug-likeness (QED) is 0.895. The molecule has 112 valence electrons. The molecule has 0 heterocycles. The van der Waals surface area contributed by atoms with Crippen molar-refractivity contribution in [3.63, 3.8) is 0 Å². The van der Waals surface area contributed by atoms with E-state index in [0.29, 0.717) is 28.8 Å². The maximum atomic E-state index is 13.1. The summed E-state index contributed by atoms with van der Waals surface area (Å²) < 4.78 is 36.5. The Morgan fingerprint density at radius 2 is 1.71 bits per heavy atom. The third-order valence-electron chi connectivity index (χ3n) is 2.91. The van der Waals surface area contributed by atoms with Gasteiger partial charge < -0.3 is 14.8 Å². The van der Waals surface area contributed by atoms with Crippen LogP contribution in [-0.2, 0) is 6.54 Å². The molecule has 0 aliphatic heterocycles. The van der Waals surface area contributed by atoms with E-state index in [-0.39, 0.29) is 0 Å². The molecule has 0 aromatic heterocycles. The molecule has 0 saturated heterocycles. The third-order valence-corrected chi connectivity index (χ3v) is 3.32. The highest BCUT2D eigenvalue weighted by Gasteiger charge is 2.13. The van der Waals surface area contributed by atoms with Crippen LogP contribution in [0.1, 0.15) is 5.56 Å². The Balaban J connectivity index is 2.20. The molecule has 0 atom stereocenters. The van der Waals surface area contributed by atoms with Gasteiger partial charge in [-0.15, -0.1) is 0 Å². The number of methoxy groups -OCH3 is 2. The van der Waals surface area contributed by atoms with Gasteiger partial charge in [0, 0.05) is 18.3 Å². The van der Waals surface area contributed by atoms with Gasteiger partial charge in [0.2, 0.25) is 0 Å². The zero-order valence-electron chi connectivity index (χ0n) is 11.5. The fraction of sp³-hybridized carbons (Fsp3) is 0.200. The van der Waals surface area contributed by atoms with Gasteiger partial charge in [-0.1, -0.05) is 17.7 Å². The largest absolute Gasteiger partial charge is 0.493 e. The summed E-state index contributed by atoms with van der Waals surface area (Å²) in [4.78, 5) is 0. The van der Waals surface area contributed by atoms with Gasteiger partial charge in [-0.3, -0.25) is 0 Å². The molecule has 0 aliphatic carbocycles. The molecule has 6 heteroatoms. The number of nitrogens with one attached hydrogen (secondary N) is 1. The van der Waals surface area contributed by atoms with Crippen molar-refractivity contribution in [2.24, 2.45) is 0 Å². The Kier molecular flexibility index (Phi) is 4.85. The lowest BCUT2D eigenvalue weighted by atomic mass is 10.2. The van der Waals surface area contributed by atoms with E-state index in [9.17, 15) is 8.78 Å². The van der Waals surface area contributed by atoms with E-state index in [0.717, 1.165) is 11.6 Å². The van der Waals surface area contributed by atoms with Gasteiger partial charge in [0.15, 0.2) is 11.5 Å². The second kappa shape index (κ2) is 6.63. The van der Waals surface area contributed by atoms with Crippen molar-refractivity contribution in [3.8, 4) is 11.5 Å². The predicted octanol–water partition coefficient (Wildman–Crippen LogP) is 4.25. The minimum absolute atomic E-state index is 0.294. The molecule has 0 saturated carbocycles. The molecule has 21 heavy (non-hydrogen) atoms. The first-order valence-electron chi connectivity index (χ1n) is 6.14. The van der Waals surface area contributed by atoms with E-state index in [2.05, 4.69) is 5.32 Å². The summed E-state index contributed by atoms with van der Waals surface area (Å²) in [6.45, 7) is 0.294. The molecule has 0 bridgehead atoms. The van der Waals surface area contributed by atoms with Gasteiger partial charge in [-0.2, -0.15) is 0 Å². The number of ether oxygens (including phenoxy) is 2. The standard InChI is InChI=1S/C15H14ClF2NO2/c1-20-13-4-3-9(14(16)15(13)21-2)8-19-12-6-10(17)5-11(18)7-12/h3-7,19H,8H2,1-2H3. The zero-order valence-corrected chi connectivity index (χ0v) is 12.3. The number of benzene rings is 2. The van der Waals surface area contributed by atoms with Crippen LogP contribution in [0.25, 0.3) is 0 Å². The average molecular weight is 314 g/mol. The van der Waals surface area contributed by atoms with Crippen molar-refractivity contribution in [1.29, 1.82) is 0 Å². The number of hydrogen-bond donors (Lipinski definition) is 1. The topological polar surface area (TPSA) is 30.5 Å². The van der Waals surface area contributed by atoms with E-state index < -0.39 is 11.6 Å². The van der Waals surface area contributed by atoms with Crippen LogP contribution in [0, 0.1) is 11.6 Å². The number of anilines is 1.